The molecule has 0 unspecified atom stereocenters. The maximum atomic E-state index is 12.1. The fraction of sp³-hybridized carbons (Fsp3) is 0.133. The van der Waals surface area contributed by atoms with E-state index in [0.29, 0.717) is 5.56 Å². The lowest BCUT2D eigenvalue weighted by atomic mass is 10.1. The molecule has 1 aromatic carbocycles. The van der Waals surface area contributed by atoms with Crippen LogP contribution in [0.4, 0.5) is 0 Å². The molecule has 1 N–H and O–H groups in total. The van der Waals surface area contributed by atoms with E-state index in [9.17, 15) is 9.59 Å². The predicted octanol–water partition coefficient (Wildman–Crippen LogP) is 0.964. The van der Waals surface area contributed by atoms with Crippen molar-refractivity contribution in [3.8, 4) is 0 Å². The van der Waals surface area contributed by atoms with Gasteiger partial charge in [0.05, 0.1) is 0 Å². The van der Waals surface area contributed by atoms with Gasteiger partial charge in [-0.05, 0) is 6.07 Å². The Hall–Kier alpha value is -2.53. The quantitative estimate of drug-likeness (QED) is 0.381. The van der Waals surface area contributed by atoms with Crippen molar-refractivity contribution in [1.82, 2.24) is 0 Å². The molecule has 0 bridgehead atoms. The molecule has 102 valence electrons. The van der Waals surface area contributed by atoms with Crippen molar-refractivity contribution >= 4 is 11.8 Å². The fourth-order valence-corrected chi connectivity index (χ4v) is 1.80. The molecule has 5 heteroatoms. The van der Waals surface area contributed by atoms with E-state index in [-0.39, 0.29) is 18.0 Å². The van der Waals surface area contributed by atoms with Crippen molar-refractivity contribution in [3.63, 3.8) is 0 Å². The van der Waals surface area contributed by atoms with Gasteiger partial charge in [0.2, 0.25) is 12.3 Å². The number of Topliss-reactive ketones (excluding diaryl/α,β-unsaturated/α-hetero) is 1. The number of aliphatic hydroxyl groups is 1. The van der Waals surface area contributed by atoms with Gasteiger partial charge < -0.3 is 9.84 Å². The first-order chi connectivity index (χ1) is 9.72. The molecule has 0 saturated carbocycles. The van der Waals surface area contributed by atoms with Crippen LogP contribution >= 0.6 is 0 Å². The van der Waals surface area contributed by atoms with Gasteiger partial charge in [0.1, 0.15) is 0 Å². The van der Waals surface area contributed by atoms with Crippen LogP contribution in [0.15, 0.2) is 54.7 Å². The summed E-state index contributed by atoms with van der Waals surface area (Å²) in [4.78, 5) is 23.8. The Morgan fingerprint density at radius 1 is 1.05 bits per heavy atom. The van der Waals surface area contributed by atoms with E-state index in [1.165, 1.54) is 10.6 Å². The number of hydrogen-bond acceptors (Lipinski definition) is 4. The minimum atomic E-state index is -0.694. The van der Waals surface area contributed by atoms with Gasteiger partial charge in [-0.15, -0.1) is 0 Å². The van der Waals surface area contributed by atoms with Crippen molar-refractivity contribution in [2.24, 2.45) is 0 Å². The van der Waals surface area contributed by atoms with Crippen LogP contribution in [0.1, 0.15) is 20.8 Å². The van der Waals surface area contributed by atoms with E-state index in [0.717, 1.165) is 0 Å². The molecule has 0 spiro atoms. The van der Waals surface area contributed by atoms with Crippen molar-refractivity contribution in [2.75, 3.05) is 6.79 Å². The van der Waals surface area contributed by atoms with Gasteiger partial charge in [-0.1, -0.05) is 30.3 Å². The molecular formula is C15H14NO4+. The highest BCUT2D eigenvalue weighted by Gasteiger charge is 2.22. The topological polar surface area (TPSA) is 67.5 Å². The number of carbonyl (C=O) groups excluding carboxylic acids is 2. The monoisotopic (exact) mass is 272 g/mol. The highest BCUT2D eigenvalue weighted by molar-refractivity contribution is 5.95. The van der Waals surface area contributed by atoms with Crippen LogP contribution in [0.2, 0.25) is 0 Å². The maximum absolute atomic E-state index is 12.1. The summed E-state index contributed by atoms with van der Waals surface area (Å²) in [6, 6.07) is 13.8. The summed E-state index contributed by atoms with van der Waals surface area (Å²) >= 11 is 0. The van der Waals surface area contributed by atoms with Crippen LogP contribution < -0.4 is 4.57 Å². The number of nitrogens with zero attached hydrogens (tertiary/aromatic N) is 1. The normalized spacial score (nSPS) is 10.1. The highest BCUT2D eigenvalue weighted by atomic mass is 16.6. The Balaban J connectivity index is 2.21. The molecule has 0 aliphatic rings. The second kappa shape index (κ2) is 6.58. The predicted molar refractivity (Wildman–Crippen MR) is 69.9 cm³/mol. The number of hydrogen-bond donors (Lipinski definition) is 1. The highest BCUT2D eigenvalue weighted by Crippen LogP contribution is 2.01. The Labute approximate surface area is 116 Å². The van der Waals surface area contributed by atoms with E-state index < -0.39 is 12.8 Å². The van der Waals surface area contributed by atoms with Crippen molar-refractivity contribution < 1.29 is 24.0 Å². The Morgan fingerprint density at radius 2 is 1.75 bits per heavy atom. The van der Waals surface area contributed by atoms with Gasteiger partial charge in [0, 0.05) is 17.7 Å². The van der Waals surface area contributed by atoms with Crippen LogP contribution in [0, 0.1) is 0 Å². The lowest BCUT2D eigenvalue weighted by Crippen LogP contribution is -2.43. The summed E-state index contributed by atoms with van der Waals surface area (Å²) in [5.41, 5.74) is 0.788. The number of esters is 1. The average molecular weight is 272 g/mol. The van der Waals surface area contributed by atoms with Gasteiger partial charge in [-0.2, -0.15) is 4.57 Å². The van der Waals surface area contributed by atoms with Crippen LogP contribution in [0.25, 0.3) is 0 Å². The average Bonchev–Trinajstić information content (AvgIpc) is 2.49. The largest absolute Gasteiger partial charge is 0.431 e. The first kappa shape index (κ1) is 13.9. The number of aliphatic hydroxyl groups excluding tert-OH is 1. The summed E-state index contributed by atoms with van der Waals surface area (Å²) in [6.45, 7) is -0.666. The number of pyridine rings is 1. The number of ketones is 1. The molecule has 0 atom stereocenters. The van der Waals surface area contributed by atoms with Crippen LogP contribution in [-0.2, 0) is 11.3 Å². The summed E-state index contributed by atoms with van der Waals surface area (Å²) in [5, 5.41) is 8.63. The molecule has 0 fully saturated rings. The second-order valence-electron chi connectivity index (χ2n) is 4.06. The number of rotatable bonds is 5. The number of ether oxygens (including phenoxy) is 1. The molecule has 0 saturated heterocycles. The van der Waals surface area contributed by atoms with Gasteiger partial charge in [0.25, 0.3) is 5.69 Å². The van der Waals surface area contributed by atoms with E-state index in [1.807, 2.05) is 6.07 Å². The molecule has 20 heavy (non-hydrogen) atoms. The van der Waals surface area contributed by atoms with E-state index in [2.05, 4.69) is 4.74 Å². The minimum Gasteiger partial charge on any atom is -0.431 e. The molecule has 0 aliphatic heterocycles. The van der Waals surface area contributed by atoms with E-state index >= 15 is 0 Å². The summed E-state index contributed by atoms with van der Waals surface area (Å²) in [5.74, 6) is -0.784. The van der Waals surface area contributed by atoms with E-state index in [1.54, 1.807) is 42.6 Å². The zero-order valence-electron chi connectivity index (χ0n) is 10.7. The molecule has 2 rings (SSSR count). The third-order valence-electron chi connectivity index (χ3n) is 2.76. The van der Waals surface area contributed by atoms with Gasteiger partial charge in [-0.3, -0.25) is 4.79 Å². The first-order valence-electron chi connectivity index (χ1n) is 6.07. The summed E-state index contributed by atoms with van der Waals surface area (Å²) < 4.78 is 6.03. The summed E-state index contributed by atoms with van der Waals surface area (Å²) in [6.07, 6.45) is 1.62. The lowest BCUT2D eigenvalue weighted by molar-refractivity contribution is -0.685. The van der Waals surface area contributed by atoms with Crippen LogP contribution in [0.5, 0.6) is 0 Å². The van der Waals surface area contributed by atoms with Gasteiger partial charge >= 0.3 is 5.97 Å². The molecule has 0 amide bonds. The molecule has 5 nitrogen and oxygen atoms in total. The molecule has 2 aromatic rings. The number of aromatic nitrogens is 1. The lowest BCUT2D eigenvalue weighted by Gasteiger charge is -2.03. The number of carbonyl (C=O) groups is 2. The Bertz CT molecular complexity index is 610. The first-order valence-corrected chi connectivity index (χ1v) is 6.07. The number of benzene rings is 1. The molecule has 1 heterocycles. The van der Waals surface area contributed by atoms with Crippen molar-refractivity contribution in [2.45, 2.75) is 6.54 Å². The van der Waals surface area contributed by atoms with Crippen LogP contribution in [0.3, 0.4) is 0 Å². The van der Waals surface area contributed by atoms with E-state index in [4.69, 9.17) is 5.11 Å². The third-order valence-corrected chi connectivity index (χ3v) is 2.76. The molecule has 0 radical (unpaired) electrons. The molecule has 0 aliphatic carbocycles. The molecule has 1 aromatic heterocycles. The SMILES string of the molecule is O=C(C[n+]1ccccc1C(=O)OCO)c1ccccc1. The molecular weight excluding hydrogens is 258 g/mol. The zero-order valence-corrected chi connectivity index (χ0v) is 10.7. The third kappa shape index (κ3) is 3.27. The smallest absolute Gasteiger partial charge is 0.405 e. The minimum absolute atomic E-state index is 0.0285. The summed E-state index contributed by atoms with van der Waals surface area (Å²) in [7, 11) is 0. The Kier molecular flexibility index (Phi) is 4.57. The van der Waals surface area contributed by atoms with Gasteiger partial charge in [0.15, 0.2) is 13.0 Å². The van der Waals surface area contributed by atoms with Crippen molar-refractivity contribution in [3.05, 3.63) is 66.0 Å². The zero-order chi connectivity index (χ0) is 14.4. The maximum Gasteiger partial charge on any atom is 0.405 e. The van der Waals surface area contributed by atoms with Gasteiger partial charge in [-0.25, -0.2) is 4.79 Å². The van der Waals surface area contributed by atoms with Crippen LogP contribution in [-0.4, -0.2) is 23.7 Å². The Morgan fingerprint density at radius 3 is 2.45 bits per heavy atom. The second-order valence-corrected chi connectivity index (χ2v) is 4.06. The fourth-order valence-electron chi connectivity index (χ4n) is 1.80. The van der Waals surface area contributed by atoms with Crippen molar-refractivity contribution in [1.29, 1.82) is 0 Å². The standard InChI is InChI=1S/C15H14NO4/c17-11-20-15(19)13-8-4-5-9-16(13)10-14(18)12-6-2-1-3-7-12/h1-9,17H,10-11H2/q+1.